The van der Waals surface area contributed by atoms with Crippen LogP contribution in [0.15, 0.2) is 41.7 Å². The van der Waals surface area contributed by atoms with Gasteiger partial charge in [-0.3, -0.25) is 9.48 Å². The molecule has 0 aliphatic carbocycles. The van der Waals surface area contributed by atoms with Crippen LogP contribution in [0.4, 0.5) is 5.69 Å². The van der Waals surface area contributed by atoms with Gasteiger partial charge in [-0.15, -0.1) is 0 Å². The Morgan fingerprint density at radius 1 is 1.12 bits per heavy atom. The lowest BCUT2D eigenvalue weighted by molar-refractivity contribution is 0.413. The Balaban J connectivity index is 0.00000274. The molecule has 1 atom stereocenters. The van der Waals surface area contributed by atoms with Crippen LogP contribution in [0.1, 0.15) is 33.1 Å². The Bertz CT molecular complexity index is 1500. The summed E-state index contributed by atoms with van der Waals surface area (Å²) < 4.78 is 6.91. The summed E-state index contributed by atoms with van der Waals surface area (Å²) in [5, 5.41) is 8.09. The van der Waals surface area contributed by atoms with Crippen LogP contribution in [0.5, 0.6) is 5.75 Å². The summed E-state index contributed by atoms with van der Waals surface area (Å²) in [6, 6.07) is 3.29. The van der Waals surface area contributed by atoms with Gasteiger partial charge >= 0.3 is 0 Å². The second-order valence-corrected chi connectivity index (χ2v) is 8.07. The number of ether oxygens (including phenoxy) is 1. The van der Waals surface area contributed by atoms with Crippen LogP contribution in [0.25, 0.3) is 33.6 Å². The SMILES string of the molecule is C.COc1cnc2nc(-c3c(N[C@@H](c4ncccn4)C(C)C)c4nn(C)cc4[nH]c3=O)[nH]c2c1. The van der Waals surface area contributed by atoms with E-state index in [0.29, 0.717) is 50.8 Å². The van der Waals surface area contributed by atoms with Gasteiger partial charge in [0.1, 0.15) is 22.7 Å². The van der Waals surface area contributed by atoms with Gasteiger partial charge in [0.15, 0.2) is 11.5 Å². The van der Waals surface area contributed by atoms with E-state index >= 15 is 0 Å². The molecule has 0 radical (unpaired) electrons. The molecule has 0 fully saturated rings. The van der Waals surface area contributed by atoms with Crippen molar-refractivity contribution in [1.29, 1.82) is 0 Å². The van der Waals surface area contributed by atoms with E-state index in [2.05, 4.69) is 54.2 Å². The van der Waals surface area contributed by atoms with E-state index in [4.69, 9.17) is 4.74 Å². The van der Waals surface area contributed by atoms with E-state index in [-0.39, 0.29) is 24.9 Å². The highest BCUT2D eigenvalue weighted by atomic mass is 16.5. The lowest BCUT2D eigenvalue weighted by Gasteiger charge is -2.23. The van der Waals surface area contributed by atoms with Crippen LogP contribution in [0, 0.1) is 5.92 Å². The molecule has 0 aliphatic heterocycles. The average molecular weight is 462 g/mol. The maximum Gasteiger partial charge on any atom is 0.261 e. The van der Waals surface area contributed by atoms with Crippen molar-refractivity contribution in [2.24, 2.45) is 13.0 Å². The third-order valence-corrected chi connectivity index (χ3v) is 5.41. The number of anilines is 1. The molecular formula is C23H27N9O2. The molecule has 0 amide bonds. The fourth-order valence-electron chi connectivity index (χ4n) is 3.81. The average Bonchev–Trinajstić information content (AvgIpc) is 3.38. The van der Waals surface area contributed by atoms with Crippen LogP contribution in [-0.2, 0) is 7.05 Å². The van der Waals surface area contributed by atoms with Crippen molar-refractivity contribution in [2.45, 2.75) is 27.3 Å². The minimum Gasteiger partial charge on any atom is -0.495 e. The predicted molar refractivity (Wildman–Crippen MR) is 131 cm³/mol. The van der Waals surface area contributed by atoms with E-state index in [1.165, 1.54) is 0 Å². The summed E-state index contributed by atoms with van der Waals surface area (Å²) in [5.74, 6) is 1.71. The number of pyridine rings is 2. The second kappa shape index (κ2) is 8.93. The van der Waals surface area contributed by atoms with Crippen molar-refractivity contribution in [3.05, 3.63) is 53.1 Å². The number of aryl methyl sites for hydroxylation is 1. The van der Waals surface area contributed by atoms with Crippen molar-refractivity contribution in [3.8, 4) is 17.1 Å². The zero-order chi connectivity index (χ0) is 23.1. The Hall–Kier alpha value is -4.28. The molecule has 0 spiro atoms. The minimum atomic E-state index is -0.305. The smallest absolute Gasteiger partial charge is 0.261 e. The van der Waals surface area contributed by atoms with E-state index in [0.717, 1.165) is 0 Å². The molecule has 5 aromatic heterocycles. The maximum atomic E-state index is 13.3. The molecule has 0 aromatic carbocycles. The Morgan fingerprint density at radius 2 is 1.88 bits per heavy atom. The van der Waals surface area contributed by atoms with Crippen LogP contribution < -0.4 is 15.6 Å². The number of hydrogen-bond acceptors (Lipinski definition) is 8. The molecule has 0 bridgehead atoms. The maximum absolute atomic E-state index is 13.3. The minimum absolute atomic E-state index is 0. The highest BCUT2D eigenvalue weighted by Crippen LogP contribution is 2.34. The van der Waals surface area contributed by atoms with Crippen LogP contribution >= 0.6 is 0 Å². The number of aromatic amines is 2. The van der Waals surface area contributed by atoms with Crippen LogP contribution in [0.3, 0.4) is 0 Å². The molecule has 176 valence electrons. The highest BCUT2D eigenvalue weighted by molar-refractivity contribution is 5.96. The molecule has 5 aromatic rings. The highest BCUT2D eigenvalue weighted by Gasteiger charge is 2.26. The first kappa shape index (κ1) is 22.9. The van der Waals surface area contributed by atoms with E-state index in [1.807, 2.05) is 0 Å². The number of H-pyrrole nitrogens is 2. The number of nitrogens with zero attached hydrogens (tertiary/aromatic N) is 6. The molecule has 11 heteroatoms. The monoisotopic (exact) mass is 461 g/mol. The third kappa shape index (κ3) is 3.96. The van der Waals surface area contributed by atoms with Gasteiger partial charge in [-0.05, 0) is 12.0 Å². The molecule has 3 N–H and O–H groups in total. The van der Waals surface area contributed by atoms with E-state index in [9.17, 15) is 4.79 Å². The van der Waals surface area contributed by atoms with Gasteiger partial charge in [0.25, 0.3) is 5.56 Å². The number of imidazole rings is 1. The number of nitrogens with one attached hydrogen (secondary N) is 3. The molecule has 11 nitrogen and oxygen atoms in total. The lowest BCUT2D eigenvalue weighted by atomic mass is 10.0. The summed E-state index contributed by atoms with van der Waals surface area (Å²) in [6.07, 6.45) is 6.75. The summed E-state index contributed by atoms with van der Waals surface area (Å²) in [4.78, 5) is 37.1. The van der Waals surface area contributed by atoms with Crippen molar-refractivity contribution in [3.63, 3.8) is 0 Å². The van der Waals surface area contributed by atoms with Gasteiger partial charge in [-0.25, -0.2) is 19.9 Å². The Kier molecular flexibility index (Phi) is 6.01. The van der Waals surface area contributed by atoms with Crippen molar-refractivity contribution in [1.82, 2.24) is 39.7 Å². The molecule has 34 heavy (non-hydrogen) atoms. The van der Waals surface area contributed by atoms with Gasteiger partial charge in [0, 0.05) is 31.7 Å². The van der Waals surface area contributed by atoms with Crippen molar-refractivity contribution in [2.75, 3.05) is 12.4 Å². The molecule has 5 rings (SSSR count). The normalized spacial score (nSPS) is 12.1. The topological polar surface area (TPSA) is 139 Å². The molecule has 0 unspecified atom stereocenters. The van der Waals surface area contributed by atoms with Gasteiger partial charge in [-0.1, -0.05) is 21.3 Å². The van der Waals surface area contributed by atoms with Crippen molar-refractivity contribution >= 4 is 27.9 Å². The van der Waals surface area contributed by atoms with Gasteiger partial charge in [-0.2, -0.15) is 5.10 Å². The van der Waals surface area contributed by atoms with E-state index in [1.54, 1.807) is 55.8 Å². The first-order valence-electron chi connectivity index (χ1n) is 10.5. The molecule has 5 heterocycles. The number of hydrogen-bond donors (Lipinski definition) is 3. The van der Waals surface area contributed by atoms with Crippen LogP contribution in [0.2, 0.25) is 0 Å². The quantitative estimate of drug-likeness (QED) is 0.349. The van der Waals surface area contributed by atoms with Gasteiger partial charge in [0.05, 0.1) is 36.1 Å². The first-order valence-corrected chi connectivity index (χ1v) is 10.5. The molecule has 0 aliphatic rings. The molecule has 0 saturated heterocycles. The second-order valence-electron chi connectivity index (χ2n) is 8.07. The predicted octanol–water partition coefficient (Wildman–Crippen LogP) is 3.44. The third-order valence-electron chi connectivity index (χ3n) is 5.41. The summed E-state index contributed by atoms with van der Waals surface area (Å²) in [7, 11) is 3.37. The fraction of sp³-hybridized carbons (Fsp3) is 0.304. The Morgan fingerprint density at radius 3 is 2.59 bits per heavy atom. The zero-order valence-electron chi connectivity index (χ0n) is 18.6. The molecule has 0 saturated carbocycles. The summed E-state index contributed by atoms with van der Waals surface area (Å²) >= 11 is 0. The van der Waals surface area contributed by atoms with E-state index < -0.39 is 0 Å². The van der Waals surface area contributed by atoms with Crippen LogP contribution in [-0.4, -0.2) is 46.8 Å². The fourth-order valence-corrected chi connectivity index (χ4v) is 3.81. The van der Waals surface area contributed by atoms with Gasteiger partial charge < -0.3 is 20.0 Å². The number of fused-ring (bicyclic) bond motifs is 2. The standard InChI is InChI=1S/C22H23N9O2.CH4/c1-11(2)16(21-23-6-5-7-24-21)28-18-15(22(32)27-14-10-31(3)30-17(14)18)20-26-13-8-12(33-4)9-25-19(13)29-20;/h5-11,16,28H,1-4H3,(H,27,32)(H,25,26,29);1H4/t16-;/m1./s1. The lowest BCUT2D eigenvalue weighted by Crippen LogP contribution is -2.22. The summed E-state index contributed by atoms with van der Waals surface area (Å²) in [6.45, 7) is 4.13. The number of aromatic nitrogens is 8. The van der Waals surface area contributed by atoms with Gasteiger partial charge in [0.2, 0.25) is 0 Å². The largest absolute Gasteiger partial charge is 0.495 e. The summed E-state index contributed by atoms with van der Waals surface area (Å²) in [5.41, 5.74) is 2.93. The Labute approximate surface area is 195 Å². The molecular weight excluding hydrogens is 434 g/mol. The first-order chi connectivity index (χ1) is 15.9. The zero-order valence-corrected chi connectivity index (χ0v) is 18.6. The number of rotatable bonds is 6. The number of methoxy groups -OCH3 is 1. The van der Waals surface area contributed by atoms with Crippen molar-refractivity contribution < 1.29 is 4.74 Å².